The molecular formula is C14H15N3O3. The fourth-order valence-corrected chi connectivity index (χ4v) is 1.90. The Morgan fingerprint density at radius 2 is 1.90 bits per heavy atom. The third kappa shape index (κ3) is 3.03. The van der Waals surface area contributed by atoms with Crippen LogP contribution >= 0.6 is 0 Å². The van der Waals surface area contributed by atoms with Crippen LogP contribution in [0.4, 0.5) is 11.5 Å². The van der Waals surface area contributed by atoms with Crippen LogP contribution in [0.25, 0.3) is 0 Å². The first-order valence-electron chi connectivity index (χ1n) is 6.08. The minimum atomic E-state index is -0.438. The van der Waals surface area contributed by atoms with Crippen molar-refractivity contribution < 1.29 is 10.0 Å². The standard InChI is InChI=1S/C14H15N3O3/c1-10-13(17(19)20)7-8-14(15-10)16(2)9-11-3-5-12(18)6-4-11/h3-8,18H,9H2,1-2H3. The highest BCUT2D eigenvalue weighted by Crippen LogP contribution is 2.21. The molecule has 6 nitrogen and oxygen atoms in total. The van der Waals surface area contributed by atoms with Gasteiger partial charge in [-0.2, -0.15) is 0 Å². The molecule has 0 fully saturated rings. The number of benzene rings is 1. The number of nitrogens with zero attached hydrogens (tertiary/aromatic N) is 3. The Balaban J connectivity index is 2.17. The van der Waals surface area contributed by atoms with E-state index >= 15 is 0 Å². The van der Waals surface area contributed by atoms with Crippen molar-refractivity contribution >= 4 is 11.5 Å². The van der Waals surface area contributed by atoms with Crippen LogP contribution in [0.1, 0.15) is 11.3 Å². The van der Waals surface area contributed by atoms with Gasteiger partial charge < -0.3 is 10.0 Å². The van der Waals surface area contributed by atoms with Crippen LogP contribution in [0.15, 0.2) is 36.4 Å². The molecule has 1 aromatic carbocycles. The lowest BCUT2D eigenvalue weighted by molar-refractivity contribution is -0.385. The van der Waals surface area contributed by atoms with Gasteiger partial charge in [0, 0.05) is 19.7 Å². The van der Waals surface area contributed by atoms with Crippen LogP contribution in [-0.2, 0) is 6.54 Å². The Kier molecular flexibility index (Phi) is 3.84. The van der Waals surface area contributed by atoms with Gasteiger partial charge in [0.1, 0.15) is 17.3 Å². The van der Waals surface area contributed by atoms with Gasteiger partial charge in [0.25, 0.3) is 5.69 Å². The van der Waals surface area contributed by atoms with Gasteiger partial charge in [-0.15, -0.1) is 0 Å². The molecule has 0 atom stereocenters. The summed E-state index contributed by atoms with van der Waals surface area (Å²) in [5.41, 5.74) is 1.43. The van der Waals surface area contributed by atoms with E-state index in [9.17, 15) is 15.2 Å². The molecule has 0 unspecified atom stereocenters. The second kappa shape index (κ2) is 5.56. The van der Waals surface area contributed by atoms with E-state index in [1.165, 1.54) is 6.07 Å². The maximum atomic E-state index is 10.8. The predicted octanol–water partition coefficient (Wildman–Crippen LogP) is 2.64. The van der Waals surface area contributed by atoms with E-state index in [4.69, 9.17) is 0 Å². The van der Waals surface area contributed by atoms with Crippen LogP contribution in [0.5, 0.6) is 5.75 Å². The molecule has 1 heterocycles. The summed E-state index contributed by atoms with van der Waals surface area (Å²) in [7, 11) is 1.86. The van der Waals surface area contributed by atoms with Crippen molar-refractivity contribution in [3.05, 3.63) is 57.8 Å². The molecule has 0 radical (unpaired) electrons. The van der Waals surface area contributed by atoms with Crippen molar-refractivity contribution in [2.45, 2.75) is 13.5 Å². The van der Waals surface area contributed by atoms with Gasteiger partial charge in [0.2, 0.25) is 0 Å². The third-order valence-electron chi connectivity index (χ3n) is 2.99. The fourth-order valence-electron chi connectivity index (χ4n) is 1.90. The lowest BCUT2D eigenvalue weighted by Crippen LogP contribution is -2.18. The molecule has 6 heteroatoms. The zero-order valence-corrected chi connectivity index (χ0v) is 11.3. The number of aryl methyl sites for hydroxylation is 1. The first kappa shape index (κ1) is 13.8. The molecule has 2 rings (SSSR count). The molecule has 0 saturated carbocycles. The largest absolute Gasteiger partial charge is 0.508 e. The first-order chi connectivity index (χ1) is 9.47. The van der Waals surface area contributed by atoms with Crippen molar-refractivity contribution in [3.63, 3.8) is 0 Å². The van der Waals surface area contributed by atoms with E-state index in [1.54, 1.807) is 25.1 Å². The number of phenols is 1. The van der Waals surface area contributed by atoms with Crippen molar-refractivity contribution in [1.82, 2.24) is 4.98 Å². The van der Waals surface area contributed by atoms with Gasteiger partial charge in [-0.3, -0.25) is 10.1 Å². The molecule has 2 aromatic rings. The molecule has 0 amide bonds. The van der Waals surface area contributed by atoms with Crippen LogP contribution in [-0.4, -0.2) is 22.1 Å². The summed E-state index contributed by atoms with van der Waals surface area (Å²) in [6.45, 7) is 2.22. The van der Waals surface area contributed by atoms with E-state index in [1.807, 2.05) is 24.1 Å². The molecule has 0 aliphatic heterocycles. The van der Waals surface area contributed by atoms with E-state index in [0.717, 1.165) is 5.56 Å². The van der Waals surface area contributed by atoms with E-state index in [0.29, 0.717) is 18.1 Å². The monoisotopic (exact) mass is 273 g/mol. The van der Waals surface area contributed by atoms with Gasteiger partial charge in [-0.1, -0.05) is 12.1 Å². The lowest BCUT2D eigenvalue weighted by Gasteiger charge is -2.18. The Morgan fingerprint density at radius 1 is 1.25 bits per heavy atom. The van der Waals surface area contributed by atoms with E-state index < -0.39 is 4.92 Å². The van der Waals surface area contributed by atoms with Crippen molar-refractivity contribution in [2.75, 3.05) is 11.9 Å². The number of hydrogen-bond donors (Lipinski definition) is 1. The van der Waals surface area contributed by atoms with Gasteiger partial charge in [0.15, 0.2) is 0 Å². The smallest absolute Gasteiger partial charge is 0.290 e. The first-order valence-corrected chi connectivity index (χ1v) is 6.08. The van der Waals surface area contributed by atoms with E-state index in [2.05, 4.69) is 4.98 Å². The Hall–Kier alpha value is -2.63. The molecule has 1 N–H and O–H groups in total. The quantitative estimate of drug-likeness (QED) is 0.684. The topological polar surface area (TPSA) is 79.5 Å². The maximum absolute atomic E-state index is 10.8. The summed E-state index contributed by atoms with van der Waals surface area (Å²) in [6, 6.07) is 9.99. The summed E-state index contributed by atoms with van der Waals surface area (Å²) >= 11 is 0. The molecule has 104 valence electrons. The average molecular weight is 273 g/mol. The normalized spacial score (nSPS) is 10.3. The van der Waals surface area contributed by atoms with Crippen LogP contribution in [0.2, 0.25) is 0 Å². The van der Waals surface area contributed by atoms with E-state index in [-0.39, 0.29) is 11.4 Å². The number of hydrogen-bond acceptors (Lipinski definition) is 5. The third-order valence-corrected chi connectivity index (χ3v) is 2.99. The highest BCUT2D eigenvalue weighted by Gasteiger charge is 2.13. The summed E-state index contributed by atoms with van der Waals surface area (Å²) in [5, 5.41) is 20.0. The number of phenolic OH excluding ortho intramolecular Hbond substituents is 1. The molecule has 0 saturated heterocycles. The van der Waals surface area contributed by atoms with Crippen molar-refractivity contribution in [3.8, 4) is 5.75 Å². The summed E-state index contributed by atoms with van der Waals surface area (Å²) < 4.78 is 0. The second-order valence-electron chi connectivity index (χ2n) is 4.55. The number of aromatic nitrogens is 1. The van der Waals surface area contributed by atoms with Gasteiger partial charge in [0.05, 0.1) is 4.92 Å². The van der Waals surface area contributed by atoms with Gasteiger partial charge in [-0.25, -0.2) is 4.98 Å². The van der Waals surface area contributed by atoms with Crippen molar-refractivity contribution in [1.29, 1.82) is 0 Å². The van der Waals surface area contributed by atoms with Crippen LogP contribution < -0.4 is 4.90 Å². The predicted molar refractivity (Wildman–Crippen MR) is 75.8 cm³/mol. The molecule has 0 aliphatic carbocycles. The molecule has 0 aliphatic rings. The number of anilines is 1. The van der Waals surface area contributed by atoms with Gasteiger partial charge >= 0.3 is 0 Å². The maximum Gasteiger partial charge on any atom is 0.290 e. The number of aromatic hydroxyl groups is 1. The number of rotatable bonds is 4. The minimum Gasteiger partial charge on any atom is -0.508 e. The highest BCUT2D eigenvalue weighted by atomic mass is 16.6. The van der Waals surface area contributed by atoms with Crippen LogP contribution in [0, 0.1) is 17.0 Å². The number of nitro groups is 1. The zero-order valence-electron chi connectivity index (χ0n) is 11.3. The number of pyridine rings is 1. The summed E-state index contributed by atoms with van der Waals surface area (Å²) in [4.78, 5) is 16.5. The molecule has 20 heavy (non-hydrogen) atoms. The fraction of sp³-hybridized carbons (Fsp3) is 0.214. The molecule has 1 aromatic heterocycles. The Labute approximate surface area is 116 Å². The Morgan fingerprint density at radius 3 is 2.45 bits per heavy atom. The highest BCUT2D eigenvalue weighted by molar-refractivity contribution is 5.46. The molecular weight excluding hydrogens is 258 g/mol. The SMILES string of the molecule is Cc1nc(N(C)Cc2ccc(O)cc2)ccc1[N+](=O)[O-]. The summed E-state index contributed by atoms with van der Waals surface area (Å²) in [5.74, 6) is 0.891. The zero-order chi connectivity index (χ0) is 14.7. The van der Waals surface area contributed by atoms with Crippen LogP contribution in [0.3, 0.4) is 0 Å². The molecule has 0 spiro atoms. The molecule has 0 bridgehead atoms. The van der Waals surface area contributed by atoms with Crippen molar-refractivity contribution in [2.24, 2.45) is 0 Å². The summed E-state index contributed by atoms with van der Waals surface area (Å²) in [6.07, 6.45) is 0. The Bertz CT molecular complexity index is 626. The lowest BCUT2D eigenvalue weighted by atomic mass is 10.2. The van der Waals surface area contributed by atoms with Gasteiger partial charge in [-0.05, 0) is 30.7 Å². The average Bonchev–Trinajstić information content (AvgIpc) is 2.40. The second-order valence-corrected chi connectivity index (χ2v) is 4.55. The minimum absolute atomic E-state index is 0.0202.